The second-order valence-electron chi connectivity index (χ2n) is 8.80. The van der Waals surface area contributed by atoms with Crippen molar-refractivity contribution in [3.63, 3.8) is 0 Å². The molecule has 2 fully saturated rings. The smallest absolute Gasteiger partial charge is 0.243 e. The van der Waals surface area contributed by atoms with Crippen molar-refractivity contribution in [1.29, 1.82) is 0 Å². The second kappa shape index (κ2) is 8.55. The standard InChI is InChI=1S/C21H26ClFN6O2/c1-21(2)5-6-25-18(21)20(31)28-10-15(23)8-17(28)19(30)26-9-13-7-14(22)3-4-16(13)29-12-24-11-27-29/h3-4,7,11-12,15,17-18,25H,5-6,8-10H2,1-2H3,(H,26,30)/t15-,17+,18+/m1/s1. The molecule has 2 saturated heterocycles. The Bertz CT molecular complexity index is 967. The number of benzene rings is 1. The second-order valence-corrected chi connectivity index (χ2v) is 9.23. The Balaban J connectivity index is 1.48. The summed E-state index contributed by atoms with van der Waals surface area (Å²) in [6.45, 7) is 4.85. The van der Waals surface area contributed by atoms with Crippen molar-refractivity contribution in [1.82, 2.24) is 30.3 Å². The van der Waals surface area contributed by atoms with Crippen molar-refractivity contribution in [2.24, 2.45) is 5.41 Å². The number of hydrogen-bond acceptors (Lipinski definition) is 5. The van der Waals surface area contributed by atoms with E-state index in [0.717, 1.165) is 24.2 Å². The van der Waals surface area contributed by atoms with Crippen LogP contribution in [0.5, 0.6) is 0 Å². The van der Waals surface area contributed by atoms with Gasteiger partial charge in [-0.25, -0.2) is 14.1 Å². The minimum absolute atomic E-state index is 0.00377. The lowest BCUT2D eigenvalue weighted by molar-refractivity contribution is -0.141. The quantitative estimate of drug-likeness (QED) is 0.728. The molecule has 0 spiro atoms. The molecule has 2 N–H and O–H groups in total. The van der Waals surface area contributed by atoms with Crippen LogP contribution < -0.4 is 10.6 Å². The van der Waals surface area contributed by atoms with E-state index in [-0.39, 0.29) is 36.7 Å². The first-order valence-corrected chi connectivity index (χ1v) is 10.7. The maximum absolute atomic E-state index is 14.3. The summed E-state index contributed by atoms with van der Waals surface area (Å²) in [7, 11) is 0. The zero-order valence-corrected chi connectivity index (χ0v) is 18.3. The Morgan fingerprint density at radius 3 is 2.87 bits per heavy atom. The van der Waals surface area contributed by atoms with Crippen molar-refractivity contribution >= 4 is 23.4 Å². The number of carbonyl (C=O) groups excluding carboxylic acids is 2. The van der Waals surface area contributed by atoms with Gasteiger partial charge in [0.2, 0.25) is 11.8 Å². The van der Waals surface area contributed by atoms with E-state index in [4.69, 9.17) is 11.6 Å². The third-order valence-electron chi connectivity index (χ3n) is 6.14. The van der Waals surface area contributed by atoms with Crippen molar-refractivity contribution in [2.75, 3.05) is 13.1 Å². The van der Waals surface area contributed by atoms with Gasteiger partial charge < -0.3 is 15.5 Å². The summed E-state index contributed by atoms with van der Waals surface area (Å²) in [5.74, 6) is -0.595. The monoisotopic (exact) mass is 448 g/mol. The average molecular weight is 449 g/mol. The van der Waals surface area contributed by atoms with Crippen LogP contribution in [0.1, 0.15) is 32.3 Å². The summed E-state index contributed by atoms with van der Waals surface area (Å²) in [5, 5.41) is 10.7. The Hall–Kier alpha value is -2.52. The minimum atomic E-state index is -1.22. The van der Waals surface area contributed by atoms with Gasteiger partial charge in [-0.2, -0.15) is 5.10 Å². The van der Waals surface area contributed by atoms with Crippen molar-refractivity contribution < 1.29 is 14.0 Å². The summed E-state index contributed by atoms with van der Waals surface area (Å²) < 4.78 is 15.8. The highest BCUT2D eigenvalue weighted by Crippen LogP contribution is 2.33. The molecular weight excluding hydrogens is 423 g/mol. The highest BCUT2D eigenvalue weighted by Gasteiger charge is 2.47. The van der Waals surface area contributed by atoms with E-state index in [1.54, 1.807) is 29.2 Å². The number of halogens is 2. The molecule has 2 aromatic rings. The van der Waals surface area contributed by atoms with Crippen molar-refractivity contribution in [3.05, 3.63) is 41.4 Å². The molecule has 166 valence electrons. The van der Waals surface area contributed by atoms with E-state index in [1.165, 1.54) is 11.2 Å². The predicted molar refractivity (Wildman–Crippen MR) is 113 cm³/mol. The fourth-order valence-electron chi connectivity index (χ4n) is 4.38. The summed E-state index contributed by atoms with van der Waals surface area (Å²) in [6, 6.07) is 4.00. The topological polar surface area (TPSA) is 92.2 Å². The van der Waals surface area contributed by atoms with Crippen molar-refractivity contribution in [3.8, 4) is 5.69 Å². The molecule has 31 heavy (non-hydrogen) atoms. The summed E-state index contributed by atoms with van der Waals surface area (Å²) >= 11 is 6.14. The normalized spacial score (nSPS) is 25.0. The summed E-state index contributed by atoms with van der Waals surface area (Å²) in [6.07, 6.45) is 2.60. The molecule has 0 aliphatic carbocycles. The molecule has 2 aliphatic rings. The number of likely N-dealkylation sites (tertiary alicyclic amines) is 1. The lowest BCUT2D eigenvalue weighted by Gasteiger charge is -2.32. The van der Waals surface area contributed by atoms with E-state index >= 15 is 0 Å². The van der Waals surface area contributed by atoms with Crippen molar-refractivity contribution in [2.45, 2.75) is 51.5 Å². The molecule has 2 aliphatic heterocycles. The van der Waals surface area contributed by atoms with Gasteiger partial charge in [0.25, 0.3) is 0 Å². The van der Waals surface area contributed by atoms with E-state index in [2.05, 4.69) is 20.7 Å². The van der Waals surface area contributed by atoms with Gasteiger partial charge in [-0.05, 0) is 42.1 Å². The van der Waals surface area contributed by atoms with E-state index in [9.17, 15) is 14.0 Å². The third-order valence-corrected chi connectivity index (χ3v) is 6.38. The largest absolute Gasteiger partial charge is 0.350 e. The molecule has 3 atom stereocenters. The molecule has 0 unspecified atom stereocenters. The number of hydrogen-bond donors (Lipinski definition) is 2. The predicted octanol–water partition coefficient (Wildman–Crippen LogP) is 1.86. The molecule has 4 rings (SSSR count). The molecule has 1 aromatic carbocycles. The first kappa shape index (κ1) is 21.7. The van der Waals surface area contributed by atoms with Crippen LogP contribution in [0.25, 0.3) is 5.69 Å². The Morgan fingerprint density at radius 1 is 1.39 bits per heavy atom. The highest BCUT2D eigenvalue weighted by atomic mass is 35.5. The van der Waals surface area contributed by atoms with Gasteiger partial charge in [-0.1, -0.05) is 25.4 Å². The molecule has 1 aromatic heterocycles. The Labute approximate surface area is 185 Å². The van der Waals surface area contributed by atoms with Gasteiger partial charge >= 0.3 is 0 Å². The number of amides is 2. The highest BCUT2D eigenvalue weighted by molar-refractivity contribution is 6.30. The van der Waals surface area contributed by atoms with Crippen LogP contribution in [0.3, 0.4) is 0 Å². The number of carbonyl (C=O) groups is 2. The van der Waals surface area contributed by atoms with Crippen LogP contribution in [0.2, 0.25) is 5.02 Å². The molecule has 0 bridgehead atoms. The van der Waals surface area contributed by atoms with E-state index in [0.29, 0.717) is 5.02 Å². The van der Waals surface area contributed by atoms with Crippen LogP contribution in [0.4, 0.5) is 4.39 Å². The first-order valence-electron chi connectivity index (χ1n) is 10.4. The maximum Gasteiger partial charge on any atom is 0.243 e. The fraction of sp³-hybridized carbons (Fsp3) is 0.524. The molecule has 0 saturated carbocycles. The van der Waals surface area contributed by atoms with Gasteiger partial charge in [-0.15, -0.1) is 0 Å². The number of nitrogens with one attached hydrogen (secondary N) is 2. The number of alkyl halides is 1. The zero-order chi connectivity index (χ0) is 22.2. The lowest BCUT2D eigenvalue weighted by atomic mass is 9.84. The van der Waals surface area contributed by atoms with E-state index in [1.807, 2.05) is 13.8 Å². The SMILES string of the molecule is CC1(C)CCN[C@H]1C(=O)N1C[C@H](F)C[C@H]1C(=O)NCc1cc(Cl)ccc1-n1cncn1. The lowest BCUT2D eigenvalue weighted by Crippen LogP contribution is -2.54. The molecule has 3 heterocycles. The fourth-order valence-corrected chi connectivity index (χ4v) is 4.57. The first-order chi connectivity index (χ1) is 14.8. The van der Waals surface area contributed by atoms with Crippen LogP contribution in [0, 0.1) is 5.41 Å². The zero-order valence-electron chi connectivity index (χ0n) is 17.5. The summed E-state index contributed by atoms with van der Waals surface area (Å²) in [4.78, 5) is 31.4. The number of nitrogens with zero attached hydrogens (tertiary/aromatic N) is 4. The molecule has 2 amide bonds. The van der Waals surface area contributed by atoms with Gasteiger partial charge in [0.05, 0.1) is 18.3 Å². The maximum atomic E-state index is 14.3. The van der Waals surface area contributed by atoms with Gasteiger partial charge in [0, 0.05) is 18.0 Å². The minimum Gasteiger partial charge on any atom is -0.350 e. The third kappa shape index (κ3) is 4.43. The van der Waals surface area contributed by atoms with Crippen LogP contribution in [-0.2, 0) is 16.1 Å². The van der Waals surface area contributed by atoms with E-state index < -0.39 is 18.3 Å². The molecular formula is C21H26ClFN6O2. The Kier molecular flexibility index (Phi) is 5.98. The molecule has 8 nitrogen and oxygen atoms in total. The number of rotatable bonds is 5. The Morgan fingerprint density at radius 2 is 2.19 bits per heavy atom. The van der Waals surface area contributed by atoms with Crippen LogP contribution in [0.15, 0.2) is 30.9 Å². The van der Waals surface area contributed by atoms with Gasteiger partial charge in [0.15, 0.2) is 0 Å². The van der Waals surface area contributed by atoms with Gasteiger partial charge in [-0.3, -0.25) is 9.59 Å². The van der Waals surface area contributed by atoms with Crippen LogP contribution in [-0.4, -0.2) is 62.8 Å². The molecule has 10 heteroatoms. The summed E-state index contributed by atoms with van der Waals surface area (Å²) in [5.41, 5.74) is 1.22. The van der Waals surface area contributed by atoms with Crippen LogP contribution >= 0.6 is 11.6 Å². The average Bonchev–Trinajstić information content (AvgIpc) is 3.45. The number of aromatic nitrogens is 3. The molecule has 0 radical (unpaired) electrons. The van der Waals surface area contributed by atoms with Gasteiger partial charge in [0.1, 0.15) is 24.9 Å².